The van der Waals surface area contributed by atoms with Gasteiger partial charge >= 0.3 is 12.1 Å². The fraction of sp³-hybridized carbons (Fsp3) is 0.710. The third-order valence-electron chi connectivity index (χ3n) is 8.86. The first-order chi connectivity index (χ1) is 20.5. The molecule has 43 heavy (non-hydrogen) atoms. The van der Waals surface area contributed by atoms with E-state index in [9.17, 15) is 23.3 Å². The maximum absolute atomic E-state index is 12.4. The second kappa shape index (κ2) is 17.2. The largest absolute Gasteiger partial charge is 0.464 e. The number of rotatable bonds is 4. The number of ether oxygens (including phenoxy) is 2. The number of esters is 1. The second-order valence-corrected chi connectivity index (χ2v) is 14.6. The second-order valence-electron chi connectivity index (χ2n) is 11.8. The Labute approximate surface area is 261 Å². The van der Waals surface area contributed by atoms with E-state index >= 15 is 0 Å². The summed E-state index contributed by atoms with van der Waals surface area (Å²) in [6, 6.07) is 9.37. The molecule has 2 aliphatic carbocycles. The Balaban J connectivity index is 0.000000274. The molecule has 1 aromatic rings. The van der Waals surface area contributed by atoms with Crippen LogP contribution in [0.25, 0.3) is 0 Å². The third-order valence-corrected chi connectivity index (χ3v) is 10.2. The van der Waals surface area contributed by atoms with Crippen molar-refractivity contribution in [1.82, 2.24) is 10.2 Å². The zero-order valence-electron chi connectivity index (χ0n) is 25.6. The minimum Gasteiger partial charge on any atom is -0.464 e. The standard InChI is InChI=1S/C21H26N2O4S.C9H17N.CH4O3S/c1-3-27-20(24)18-11-16-10-17(28-19-7-5-4-6-14(19)12-22)9-8-15(16)13-23(18)21(25)26-2;1-2-4-9-7-10-6-5-8(9)3-1;1-5(2,3)4/h4-7,15-18H,3,8-11,13H2,1-2H3;8-10H,1-7H2;1H3,(H,2,3,4)/t15-,16+,17-,18-;;/m0../s1. The van der Waals surface area contributed by atoms with E-state index in [4.69, 9.17) is 14.0 Å². The molecule has 0 radical (unpaired) electrons. The van der Waals surface area contributed by atoms with Crippen molar-refractivity contribution < 1.29 is 32.0 Å². The van der Waals surface area contributed by atoms with Gasteiger partial charge in [-0.3, -0.25) is 9.45 Å². The number of nitriles is 1. The van der Waals surface area contributed by atoms with Gasteiger partial charge in [0.25, 0.3) is 10.1 Å². The van der Waals surface area contributed by atoms with Gasteiger partial charge in [-0.25, -0.2) is 9.59 Å². The van der Waals surface area contributed by atoms with Crippen LogP contribution in [0.3, 0.4) is 0 Å². The topological polar surface area (TPSA) is 146 Å². The highest BCUT2D eigenvalue weighted by atomic mass is 32.2. The Morgan fingerprint density at radius 1 is 1.07 bits per heavy atom. The van der Waals surface area contributed by atoms with Crippen LogP contribution >= 0.6 is 11.8 Å². The first kappa shape index (κ1) is 35.2. The normalized spacial score (nSPS) is 28.2. The van der Waals surface area contributed by atoms with E-state index in [1.807, 2.05) is 24.3 Å². The molecule has 4 fully saturated rings. The summed E-state index contributed by atoms with van der Waals surface area (Å²) in [5.41, 5.74) is 0.708. The molecule has 1 amide bonds. The highest BCUT2D eigenvalue weighted by molar-refractivity contribution is 8.00. The molecule has 0 spiro atoms. The quantitative estimate of drug-likeness (QED) is 0.337. The fourth-order valence-corrected chi connectivity index (χ4v) is 8.20. The Morgan fingerprint density at radius 2 is 1.77 bits per heavy atom. The van der Waals surface area contributed by atoms with Crippen LogP contribution in [0.5, 0.6) is 0 Å². The van der Waals surface area contributed by atoms with Gasteiger partial charge in [0.05, 0.1) is 25.5 Å². The summed E-state index contributed by atoms with van der Waals surface area (Å²) < 4.78 is 36.0. The number of hydrogen-bond acceptors (Lipinski definition) is 9. The molecular formula is C31H47N3O7S2. The first-order valence-corrected chi connectivity index (χ1v) is 18.1. The van der Waals surface area contributed by atoms with Crippen LogP contribution < -0.4 is 5.32 Å². The van der Waals surface area contributed by atoms with Crippen molar-refractivity contribution in [3.05, 3.63) is 29.8 Å². The van der Waals surface area contributed by atoms with Gasteiger partial charge in [-0.15, -0.1) is 11.8 Å². The molecule has 2 aliphatic heterocycles. The van der Waals surface area contributed by atoms with Crippen LogP contribution in [0.15, 0.2) is 29.2 Å². The third kappa shape index (κ3) is 11.3. The molecule has 4 aliphatic rings. The highest BCUT2D eigenvalue weighted by Crippen LogP contribution is 2.44. The average molecular weight is 638 g/mol. The predicted molar refractivity (Wildman–Crippen MR) is 166 cm³/mol. The molecule has 5 rings (SSSR count). The molecule has 10 nitrogen and oxygen atoms in total. The molecule has 6 atom stereocenters. The maximum atomic E-state index is 12.4. The SMILES string of the molecule is C1CCC2CNCCC2C1.CCOC(=O)[C@@H]1C[C@H]2C[C@@H](Sc3ccccc3C#N)CC[C@H]2CN1C(=O)OC.CS(=O)(=O)O. The van der Waals surface area contributed by atoms with Crippen molar-refractivity contribution in [1.29, 1.82) is 5.26 Å². The lowest BCUT2D eigenvalue weighted by atomic mass is 9.73. The van der Waals surface area contributed by atoms with Gasteiger partial charge in [0.15, 0.2) is 0 Å². The van der Waals surface area contributed by atoms with Crippen molar-refractivity contribution >= 4 is 33.9 Å². The van der Waals surface area contributed by atoms with Gasteiger partial charge < -0.3 is 14.8 Å². The van der Waals surface area contributed by atoms with E-state index in [-0.39, 0.29) is 5.97 Å². The molecule has 0 bridgehead atoms. The van der Waals surface area contributed by atoms with Crippen LogP contribution in [-0.4, -0.2) is 80.8 Å². The number of methoxy groups -OCH3 is 1. The minimum atomic E-state index is -3.67. The number of carbonyl (C=O) groups excluding carboxylic acids is 2. The minimum absolute atomic E-state index is 0.294. The molecule has 2 N–H and O–H groups in total. The van der Waals surface area contributed by atoms with Crippen LogP contribution in [0, 0.1) is 35.0 Å². The van der Waals surface area contributed by atoms with Crippen LogP contribution in [-0.2, 0) is 24.4 Å². The lowest BCUT2D eigenvalue weighted by molar-refractivity contribution is -0.152. The predicted octanol–water partition coefficient (Wildman–Crippen LogP) is 5.13. The van der Waals surface area contributed by atoms with E-state index < -0.39 is 22.3 Å². The number of amides is 1. The van der Waals surface area contributed by atoms with Crippen molar-refractivity contribution in [2.75, 3.05) is 39.6 Å². The molecule has 2 saturated carbocycles. The van der Waals surface area contributed by atoms with Crippen molar-refractivity contribution in [3.8, 4) is 6.07 Å². The molecule has 0 aromatic heterocycles. The van der Waals surface area contributed by atoms with E-state index in [2.05, 4.69) is 11.4 Å². The number of hydrogen-bond donors (Lipinski definition) is 2. The zero-order valence-corrected chi connectivity index (χ0v) is 27.2. The monoisotopic (exact) mass is 637 g/mol. The zero-order chi connectivity index (χ0) is 31.4. The lowest BCUT2D eigenvalue weighted by Gasteiger charge is -2.46. The lowest BCUT2D eigenvalue weighted by Crippen LogP contribution is -2.55. The molecular weight excluding hydrogens is 590 g/mol. The van der Waals surface area contributed by atoms with Gasteiger partial charge in [-0.1, -0.05) is 31.4 Å². The van der Waals surface area contributed by atoms with E-state index in [1.54, 1.807) is 18.7 Å². The molecule has 2 unspecified atom stereocenters. The van der Waals surface area contributed by atoms with Gasteiger partial charge in [-0.05, 0) is 94.3 Å². The molecule has 2 heterocycles. The number of carbonyl (C=O) groups is 2. The van der Waals surface area contributed by atoms with Crippen molar-refractivity contribution in [2.45, 2.75) is 80.9 Å². The number of fused-ring (bicyclic) bond motifs is 2. The number of nitrogens with one attached hydrogen (secondary N) is 1. The number of thioether (sulfide) groups is 1. The van der Waals surface area contributed by atoms with Gasteiger partial charge in [0.2, 0.25) is 0 Å². The molecule has 1 aromatic carbocycles. The maximum Gasteiger partial charge on any atom is 0.410 e. The number of likely N-dealkylation sites (tertiary alicyclic amines) is 1. The average Bonchev–Trinajstić information content (AvgIpc) is 3.00. The van der Waals surface area contributed by atoms with Gasteiger partial charge in [-0.2, -0.15) is 13.7 Å². The Morgan fingerprint density at radius 3 is 2.42 bits per heavy atom. The summed E-state index contributed by atoms with van der Waals surface area (Å²) >= 11 is 1.76. The number of piperidine rings is 2. The van der Waals surface area contributed by atoms with E-state index in [0.717, 1.165) is 36.0 Å². The summed E-state index contributed by atoms with van der Waals surface area (Å²) in [6.45, 7) is 5.19. The summed E-state index contributed by atoms with van der Waals surface area (Å²) in [5.74, 6) is 2.51. The molecule has 240 valence electrons. The Bertz CT molecular complexity index is 1170. The van der Waals surface area contributed by atoms with Crippen molar-refractivity contribution in [2.24, 2.45) is 23.7 Å². The van der Waals surface area contributed by atoms with Crippen LogP contribution in [0.1, 0.15) is 70.3 Å². The van der Waals surface area contributed by atoms with E-state index in [0.29, 0.717) is 48.5 Å². The first-order valence-electron chi connectivity index (χ1n) is 15.3. The summed E-state index contributed by atoms with van der Waals surface area (Å²) in [6.07, 6.45) is 11.3. The molecule has 12 heteroatoms. The summed E-state index contributed by atoms with van der Waals surface area (Å²) in [4.78, 5) is 27.2. The van der Waals surface area contributed by atoms with Crippen LogP contribution in [0.4, 0.5) is 4.79 Å². The van der Waals surface area contributed by atoms with Gasteiger partial charge in [0.1, 0.15) is 12.1 Å². The number of nitrogens with zero attached hydrogens (tertiary/aromatic N) is 2. The Hall–Kier alpha value is -2.33. The van der Waals surface area contributed by atoms with Crippen molar-refractivity contribution in [3.63, 3.8) is 0 Å². The summed E-state index contributed by atoms with van der Waals surface area (Å²) in [5, 5.41) is 13.2. The fourth-order valence-electron chi connectivity index (χ4n) is 6.84. The van der Waals surface area contributed by atoms with Crippen LogP contribution in [0.2, 0.25) is 0 Å². The van der Waals surface area contributed by atoms with Gasteiger partial charge in [0, 0.05) is 16.7 Å². The highest BCUT2D eigenvalue weighted by Gasteiger charge is 2.44. The van der Waals surface area contributed by atoms with E-state index in [1.165, 1.54) is 57.2 Å². The smallest absolute Gasteiger partial charge is 0.410 e. The summed E-state index contributed by atoms with van der Waals surface area (Å²) in [7, 11) is -2.32. The molecule has 2 saturated heterocycles. The number of benzene rings is 1. The Kier molecular flexibility index (Phi) is 14.1.